The van der Waals surface area contributed by atoms with E-state index >= 15 is 0 Å². The van der Waals surface area contributed by atoms with Crippen molar-refractivity contribution < 1.29 is 33.4 Å². The molecule has 0 aliphatic rings. The Morgan fingerprint density at radius 3 is 0.873 bits per heavy atom. The number of rotatable bonds is 44. The van der Waals surface area contributed by atoms with Crippen molar-refractivity contribution in [1.82, 2.24) is 0 Å². The topological polar surface area (TPSA) is 109 Å². The average molecular weight is 827 g/mol. The quantitative estimate of drug-likeness (QED) is 0.0358. The standard InChI is InChI=1S/C46H100O7P2/c1-7-11-15-19-23-27-31-35-39-54(47,48,40-36-32-28-24-20-16-12-8-2)52-44-45(5)51-43-46(6)53-55(49,50,41-37-33-29-25-21-17-13-9-3)42-38-34-30-26-22-18-14-10-4/h45-50H,7-44H2,1-6H3. The SMILES string of the molecule is CCCCCCCCCCP(O)(O)(CCCCCCCCCC)OCC(C)OCC(C)OP(O)(O)(CCCCCCCCCC)CCCCCCCCCC. The van der Waals surface area contributed by atoms with Gasteiger partial charge in [-0.05, 0) is 0 Å². The van der Waals surface area contributed by atoms with Gasteiger partial charge in [0.15, 0.2) is 0 Å². The minimum absolute atomic E-state index is 0.101. The van der Waals surface area contributed by atoms with Gasteiger partial charge in [0.2, 0.25) is 0 Å². The Hall–Kier alpha value is 0.580. The molecule has 2 atom stereocenters. The van der Waals surface area contributed by atoms with E-state index in [0.717, 1.165) is 77.0 Å². The summed E-state index contributed by atoms with van der Waals surface area (Å²) in [6.07, 6.45) is 37.2. The van der Waals surface area contributed by atoms with E-state index < -0.39 is 20.7 Å². The van der Waals surface area contributed by atoms with Crippen LogP contribution in [0.1, 0.15) is 247 Å². The fourth-order valence-corrected chi connectivity index (χ4v) is 13.6. The molecule has 0 aliphatic carbocycles. The Kier molecular flexibility index (Phi) is 34.7. The summed E-state index contributed by atoms with van der Waals surface area (Å²) in [4.78, 5) is 47.4. The molecule has 7 nitrogen and oxygen atoms in total. The van der Waals surface area contributed by atoms with Gasteiger partial charge in [-0.15, -0.1) is 0 Å². The van der Waals surface area contributed by atoms with Crippen molar-refractivity contribution in [2.75, 3.05) is 37.9 Å². The molecule has 2 unspecified atom stereocenters. The van der Waals surface area contributed by atoms with Crippen LogP contribution in [0.4, 0.5) is 0 Å². The van der Waals surface area contributed by atoms with Crippen molar-refractivity contribution in [3.8, 4) is 0 Å². The zero-order chi connectivity index (χ0) is 41.0. The van der Waals surface area contributed by atoms with Crippen molar-refractivity contribution in [1.29, 1.82) is 0 Å². The van der Waals surface area contributed by atoms with Crippen LogP contribution in [0.25, 0.3) is 0 Å². The van der Waals surface area contributed by atoms with Crippen LogP contribution in [0.2, 0.25) is 0 Å². The van der Waals surface area contributed by atoms with Crippen LogP contribution in [0.5, 0.6) is 0 Å². The number of unbranched alkanes of at least 4 members (excludes halogenated alkanes) is 28. The fourth-order valence-electron chi connectivity index (χ4n) is 7.78. The molecule has 0 spiro atoms. The average Bonchev–Trinajstić information content (AvgIpc) is 3.14. The minimum atomic E-state index is -4.35. The molecule has 0 radical (unpaired) electrons. The van der Waals surface area contributed by atoms with Crippen molar-refractivity contribution in [3.63, 3.8) is 0 Å². The zero-order valence-electron chi connectivity index (χ0n) is 37.9. The van der Waals surface area contributed by atoms with Gasteiger partial charge < -0.3 is 0 Å². The van der Waals surface area contributed by atoms with Crippen LogP contribution < -0.4 is 0 Å². The van der Waals surface area contributed by atoms with Crippen molar-refractivity contribution >= 4 is 14.6 Å². The van der Waals surface area contributed by atoms with Crippen LogP contribution in [-0.2, 0) is 13.8 Å². The molecule has 4 N–H and O–H groups in total. The van der Waals surface area contributed by atoms with E-state index in [4.69, 9.17) is 13.8 Å². The maximum atomic E-state index is 11.9. The molecule has 0 amide bonds. The predicted octanol–water partition coefficient (Wildman–Crippen LogP) is 14.9. The molecule has 0 heterocycles. The molecule has 0 aliphatic heterocycles. The Balaban J connectivity index is 5.16. The summed E-state index contributed by atoms with van der Waals surface area (Å²) in [7, 11) is -8.67. The van der Waals surface area contributed by atoms with Gasteiger partial charge in [-0.3, -0.25) is 0 Å². The van der Waals surface area contributed by atoms with E-state index in [-0.39, 0.29) is 19.3 Å². The third-order valence-electron chi connectivity index (χ3n) is 11.5. The molecule has 0 bridgehead atoms. The van der Waals surface area contributed by atoms with Crippen LogP contribution in [0.15, 0.2) is 0 Å². The molecular formula is C46H100O7P2. The molecule has 0 aromatic rings. The molecule has 9 heteroatoms. The Labute approximate surface area is 344 Å². The number of ether oxygens (including phenoxy) is 1. The summed E-state index contributed by atoms with van der Waals surface area (Å²) in [5.41, 5.74) is 0. The first-order chi connectivity index (χ1) is 26.3. The van der Waals surface area contributed by atoms with Gasteiger partial charge in [-0.2, -0.15) is 0 Å². The molecule has 55 heavy (non-hydrogen) atoms. The molecule has 336 valence electrons. The van der Waals surface area contributed by atoms with Gasteiger partial charge in [-0.1, -0.05) is 0 Å². The summed E-state index contributed by atoms with van der Waals surface area (Å²) >= 11 is 0. The van der Waals surface area contributed by atoms with Gasteiger partial charge in [-0.25, -0.2) is 0 Å². The monoisotopic (exact) mass is 827 g/mol. The summed E-state index contributed by atoms with van der Waals surface area (Å²) < 4.78 is 18.6. The normalized spacial score (nSPS) is 15.1. The van der Waals surface area contributed by atoms with E-state index in [1.54, 1.807) is 0 Å². The summed E-state index contributed by atoms with van der Waals surface area (Å²) in [6, 6.07) is 0. The Morgan fingerprint density at radius 1 is 0.327 bits per heavy atom. The van der Waals surface area contributed by atoms with Gasteiger partial charge in [0.1, 0.15) is 0 Å². The van der Waals surface area contributed by atoms with Gasteiger partial charge in [0, 0.05) is 0 Å². The maximum absolute atomic E-state index is 11.9. The van der Waals surface area contributed by atoms with Crippen LogP contribution >= 0.6 is 14.6 Å². The molecule has 0 aromatic carbocycles. The number of hydrogen-bond donors (Lipinski definition) is 4. The summed E-state index contributed by atoms with van der Waals surface area (Å²) in [5.74, 6) is 0. The molecular weight excluding hydrogens is 726 g/mol. The molecule has 0 saturated carbocycles. The third-order valence-corrected chi connectivity index (χ3v) is 17.9. The van der Waals surface area contributed by atoms with E-state index in [0.29, 0.717) is 24.6 Å². The second-order valence-corrected chi connectivity index (χ2v) is 25.2. The summed E-state index contributed by atoms with van der Waals surface area (Å²) in [5, 5.41) is 0. The van der Waals surface area contributed by atoms with Crippen LogP contribution in [0.3, 0.4) is 0 Å². The van der Waals surface area contributed by atoms with Crippen molar-refractivity contribution in [3.05, 3.63) is 0 Å². The Bertz CT molecular complexity index is 795. The van der Waals surface area contributed by atoms with Gasteiger partial charge in [0.05, 0.1) is 0 Å². The second kappa shape index (κ2) is 34.3. The summed E-state index contributed by atoms with van der Waals surface area (Å²) in [6.45, 7) is 13.0. The van der Waals surface area contributed by atoms with Gasteiger partial charge in [0.25, 0.3) is 0 Å². The Morgan fingerprint density at radius 2 is 0.582 bits per heavy atom. The van der Waals surface area contributed by atoms with E-state index in [1.165, 1.54) is 128 Å². The van der Waals surface area contributed by atoms with Crippen molar-refractivity contribution in [2.24, 2.45) is 0 Å². The van der Waals surface area contributed by atoms with Gasteiger partial charge >= 0.3 is 345 Å². The third kappa shape index (κ3) is 34.0. The first-order valence-corrected chi connectivity index (χ1v) is 29.1. The fraction of sp³-hybridized carbons (Fsp3) is 1.00. The first-order valence-electron chi connectivity index (χ1n) is 24.3. The van der Waals surface area contributed by atoms with Crippen molar-refractivity contribution in [2.45, 2.75) is 259 Å². The molecule has 0 saturated heterocycles. The zero-order valence-corrected chi connectivity index (χ0v) is 39.7. The van der Waals surface area contributed by atoms with E-state index in [1.807, 2.05) is 13.8 Å². The number of hydrogen-bond acceptors (Lipinski definition) is 7. The van der Waals surface area contributed by atoms with Crippen LogP contribution in [0, 0.1) is 0 Å². The second-order valence-electron chi connectivity index (χ2n) is 17.8. The molecule has 0 rings (SSSR count). The first kappa shape index (κ1) is 55.6. The molecule has 0 aromatic heterocycles. The van der Waals surface area contributed by atoms with E-state index in [9.17, 15) is 19.6 Å². The van der Waals surface area contributed by atoms with E-state index in [2.05, 4.69) is 27.7 Å². The molecule has 0 fully saturated rings. The predicted molar refractivity (Wildman–Crippen MR) is 245 cm³/mol. The van der Waals surface area contributed by atoms with Crippen LogP contribution in [-0.4, -0.2) is 69.6 Å².